The minimum absolute atomic E-state index is 0.203. The van der Waals surface area contributed by atoms with Crippen molar-refractivity contribution in [1.29, 1.82) is 0 Å². The number of aliphatic carboxylic acids is 1. The Morgan fingerprint density at radius 1 is 1.04 bits per heavy atom. The lowest BCUT2D eigenvalue weighted by molar-refractivity contribution is -0.142. The Labute approximate surface area is 158 Å². The predicted octanol–water partition coefficient (Wildman–Crippen LogP) is 1.02. The number of nitrogens with one attached hydrogen (secondary N) is 1. The molecule has 0 unspecified atom stereocenters. The van der Waals surface area contributed by atoms with E-state index in [1.165, 1.54) is 0 Å². The molecular weight excluding hydrogens is 344 g/mol. The summed E-state index contributed by atoms with van der Waals surface area (Å²) in [5, 5.41) is 12.1. The summed E-state index contributed by atoms with van der Waals surface area (Å²) in [6.07, 6.45) is 2.04. The molecule has 0 aliphatic carbocycles. The summed E-state index contributed by atoms with van der Waals surface area (Å²) >= 11 is 0. The van der Waals surface area contributed by atoms with Crippen molar-refractivity contribution in [2.45, 2.75) is 12.5 Å². The monoisotopic (exact) mass is 368 g/mol. The molecule has 142 valence electrons. The number of hydrogen-bond acceptors (Lipinski definition) is 5. The number of amides is 1. The van der Waals surface area contributed by atoms with Gasteiger partial charge in [0.1, 0.15) is 11.9 Å². The van der Waals surface area contributed by atoms with E-state index in [1.807, 2.05) is 53.4 Å². The van der Waals surface area contributed by atoms with Gasteiger partial charge in [0.2, 0.25) is 5.91 Å². The fraction of sp³-hybridized carbons (Fsp3) is 0.350. The van der Waals surface area contributed by atoms with E-state index in [1.54, 1.807) is 6.20 Å². The van der Waals surface area contributed by atoms with Gasteiger partial charge in [-0.2, -0.15) is 0 Å². The lowest BCUT2D eigenvalue weighted by Gasteiger charge is -2.35. The first kappa shape index (κ1) is 18.8. The molecule has 1 aliphatic rings. The second-order valence-electron chi connectivity index (χ2n) is 6.60. The quantitative estimate of drug-likeness (QED) is 0.759. The zero-order chi connectivity index (χ0) is 19.1. The zero-order valence-electron chi connectivity index (χ0n) is 15.1. The molecule has 1 saturated heterocycles. The first-order valence-corrected chi connectivity index (χ1v) is 9.06. The van der Waals surface area contributed by atoms with E-state index in [-0.39, 0.29) is 18.9 Å². The molecule has 2 aromatic rings. The third-order valence-electron chi connectivity index (χ3n) is 4.63. The van der Waals surface area contributed by atoms with Crippen molar-refractivity contribution < 1.29 is 14.7 Å². The molecule has 27 heavy (non-hydrogen) atoms. The van der Waals surface area contributed by atoms with Gasteiger partial charge in [0.05, 0.1) is 6.54 Å². The molecule has 1 aliphatic heterocycles. The average Bonchev–Trinajstić information content (AvgIpc) is 2.69. The number of nitrogens with zero attached hydrogens (tertiary/aromatic N) is 3. The number of carbonyl (C=O) groups excluding carboxylic acids is 1. The van der Waals surface area contributed by atoms with E-state index in [2.05, 4.69) is 15.2 Å². The number of carbonyl (C=O) groups is 2. The summed E-state index contributed by atoms with van der Waals surface area (Å²) in [4.78, 5) is 32.4. The molecule has 1 amide bonds. The highest BCUT2D eigenvalue weighted by Gasteiger charge is 2.23. The second-order valence-corrected chi connectivity index (χ2v) is 6.60. The van der Waals surface area contributed by atoms with E-state index >= 15 is 0 Å². The van der Waals surface area contributed by atoms with Crippen LogP contribution in [0.2, 0.25) is 0 Å². The minimum Gasteiger partial charge on any atom is -0.480 e. The van der Waals surface area contributed by atoms with E-state index < -0.39 is 12.0 Å². The molecule has 7 heteroatoms. The third kappa shape index (κ3) is 5.52. The highest BCUT2D eigenvalue weighted by Crippen LogP contribution is 2.12. The Balaban J connectivity index is 1.48. The molecule has 2 N–H and O–H groups in total. The van der Waals surface area contributed by atoms with Crippen LogP contribution in [0, 0.1) is 0 Å². The fourth-order valence-electron chi connectivity index (χ4n) is 3.17. The van der Waals surface area contributed by atoms with Crippen molar-refractivity contribution in [3.05, 3.63) is 60.3 Å². The lowest BCUT2D eigenvalue weighted by Crippen LogP contribution is -2.52. The van der Waals surface area contributed by atoms with Gasteiger partial charge in [-0.25, -0.2) is 9.78 Å². The van der Waals surface area contributed by atoms with Crippen molar-refractivity contribution in [3.63, 3.8) is 0 Å². The smallest absolute Gasteiger partial charge is 0.326 e. The average molecular weight is 368 g/mol. The van der Waals surface area contributed by atoms with Gasteiger partial charge in [0.25, 0.3) is 0 Å². The van der Waals surface area contributed by atoms with Gasteiger partial charge in [-0.3, -0.25) is 9.69 Å². The molecule has 0 radical (unpaired) electrons. The summed E-state index contributed by atoms with van der Waals surface area (Å²) < 4.78 is 0. The first-order valence-electron chi connectivity index (χ1n) is 9.06. The van der Waals surface area contributed by atoms with Gasteiger partial charge in [-0.05, 0) is 17.7 Å². The van der Waals surface area contributed by atoms with Crippen LogP contribution in [0.1, 0.15) is 5.56 Å². The normalized spacial score (nSPS) is 15.9. The number of anilines is 1. The summed E-state index contributed by atoms with van der Waals surface area (Å²) in [6.45, 7) is 3.25. The SMILES string of the molecule is O=C(CN1CCN(c2ccccn2)CC1)N[C@@H](Cc1ccccc1)C(=O)O. The Morgan fingerprint density at radius 3 is 2.37 bits per heavy atom. The van der Waals surface area contributed by atoms with Crippen LogP contribution in [-0.4, -0.2) is 65.6 Å². The minimum atomic E-state index is -1.02. The number of piperazine rings is 1. The number of pyridine rings is 1. The highest BCUT2D eigenvalue weighted by atomic mass is 16.4. The molecule has 1 fully saturated rings. The number of carboxylic acid groups (broad SMARTS) is 1. The molecule has 1 aromatic heterocycles. The van der Waals surface area contributed by atoms with Crippen molar-refractivity contribution in [2.24, 2.45) is 0 Å². The van der Waals surface area contributed by atoms with Gasteiger partial charge in [-0.15, -0.1) is 0 Å². The molecule has 1 aromatic carbocycles. The first-order chi connectivity index (χ1) is 13.1. The maximum atomic E-state index is 12.3. The van der Waals surface area contributed by atoms with E-state index in [9.17, 15) is 14.7 Å². The number of hydrogen-bond donors (Lipinski definition) is 2. The van der Waals surface area contributed by atoms with E-state index in [0.717, 1.165) is 37.6 Å². The number of rotatable bonds is 7. The molecular formula is C20H24N4O3. The fourth-order valence-corrected chi connectivity index (χ4v) is 3.17. The van der Waals surface area contributed by atoms with Crippen LogP contribution >= 0.6 is 0 Å². The van der Waals surface area contributed by atoms with Crippen LogP contribution in [0.15, 0.2) is 54.7 Å². The van der Waals surface area contributed by atoms with Crippen molar-refractivity contribution >= 4 is 17.7 Å². The van der Waals surface area contributed by atoms with Gasteiger partial charge < -0.3 is 15.3 Å². The predicted molar refractivity (Wildman–Crippen MR) is 103 cm³/mol. The van der Waals surface area contributed by atoms with Gasteiger partial charge >= 0.3 is 5.97 Å². The van der Waals surface area contributed by atoms with Crippen molar-refractivity contribution in [3.8, 4) is 0 Å². The maximum Gasteiger partial charge on any atom is 0.326 e. The molecule has 0 bridgehead atoms. The van der Waals surface area contributed by atoms with Crippen molar-refractivity contribution in [1.82, 2.24) is 15.2 Å². The highest BCUT2D eigenvalue weighted by molar-refractivity contribution is 5.84. The van der Waals surface area contributed by atoms with Crippen LogP contribution in [0.3, 0.4) is 0 Å². The molecule has 3 rings (SSSR count). The zero-order valence-corrected chi connectivity index (χ0v) is 15.1. The van der Waals surface area contributed by atoms with Gasteiger partial charge in [-0.1, -0.05) is 36.4 Å². The van der Waals surface area contributed by atoms with E-state index in [0.29, 0.717) is 0 Å². The topological polar surface area (TPSA) is 85.8 Å². The largest absolute Gasteiger partial charge is 0.480 e. The number of aromatic nitrogens is 1. The summed E-state index contributed by atoms with van der Waals surface area (Å²) in [6, 6.07) is 14.2. The van der Waals surface area contributed by atoms with Crippen LogP contribution < -0.4 is 10.2 Å². The summed E-state index contributed by atoms with van der Waals surface area (Å²) in [7, 11) is 0. The number of benzene rings is 1. The van der Waals surface area contributed by atoms with Crippen molar-refractivity contribution in [2.75, 3.05) is 37.6 Å². The number of carboxylic acids is 1. The molecule has 2 heterocycles. The van der Waals surface area contributed by atoms with Crippen LogP contribution in [-0.2, 0) is 16.0 Å². The molecule has 7 nitrogen and oxygen atoms in total. The Hall–Kier alpha value is -2.93. The van der Waals surface area contributed by atoms with Gasteiger partial charge in [0.15, 0.2) is 0 Å². The van der Waals surface area contributed by atoms with Crippen LogP contribution in [0.5, 0.6) is 0 Å². The van der Waals surface area contributed by atoms with Crippen LogP contribution in [0.25, 0.3) is 0 Å². The van der Waals surface area contributed by atoms with E-state index in [4.69, 9.17) is 0 Å². The Morgan fingerprint density at radius 2 is 1.74 bits per heavy atom. The van der Waals surface area contributed by atoms with Gasteiger partial charge in [0, 0.05) is 38.8 Å². The molecule has 1 atom stereocenters. The standard InChI is InChI=1S/C20H24N4O3/c25-19(22-17(20(26)27)14-16-6-2-1-3-7-16)15-23-10-12-24(13-11-23)18-8-4-5-9-21-18/h1-9,17H,10-15H2,(H,22,25)(H,26,27)/t17-/m0/s1. The second kappa shape index (κ2) is 9.14. The summed E-state index contributed by atoms with van der Waals surface area (Å²) in [5.74, 6) is -0.341. The Kier molecular flexibility index (Phi) is 6.38. The lowest BCUT2D eigenvalue weighted by atomic mass is 10.1. The van der Waals surface area contributed by atoms with Crippen LogP contribution in [0.4, 0.5) is 5.82 Å². The molecule has 0 saturated carbocycles. The Bertz CT molecular complexity index is 746. The molecule has 0 spiro atoms. The maximum absolute atomic E-state index is 12.3. The summed E-state index contributed by atoms with van der Waals surface area (Å²) in [5.41, 5.74) is 0.883. The third-order valence-corrected chi connectivity index (χ3v) is 4.63.